The summed E-state index contributed by atoms with van der Waals surface area (Å²) >= 11 is 0. The van der Waals surface area contributed by atoms with Crippen molar-refractivity contribution >= 4 is 5.91 Å². The Bertz CT molecular complexity index is 564. The molecule has 0 bridgehead atoms. The molecule has 1 aliphatic heterocycles. The standard InChI is InChI=1S/C18H28N2O2/c1-4-7-18(22)8-10-19(11-9-18)17(21)16-12-13(2)20(14(16)3)15-5-6-15/h12,15,22H,4-11H2,1-3H3. The maximum atomic E-state index is 12.8. The third-order valence-corrected chi connectivity index (χ3v) is 5.32. The van der Waals surface area contributed by atoms with Crippen molar-refractivity contribution in [3.05, 3.63) is 23.0 Å². The van der Waals surface area contributed by atoms with Crippen LogP contribution >= 0.6 is 0 Å². The maximum absolute atomic E-state index is 12.8. The second-order valence-corrected chi connectivity index (χ2v) is 7.15. The summed E-state index contributed by atoms with van der Waals surface area (Å²) in [6.07, 6.45) is 5.70. The average molecular weight is 304 g/mol. The van der Waals surface area contributed by atoms with Gasteiger partial charge in [-0.2, -0.15) is 0 Å². The number of likely N-dealkylation sites (tertiary alicyclic amines) is 1. The lowest BCUT2D eigenvalue weighted by Gasteiger charge is -2.38. The molecule has 1 saturated heterocycles. The Morgan fingerprint density at radius 3 is 2.50 bits per heavy atom. The fraction of sp³-hybridized carbons (Fsp3) is 0.722. The smallest absolute Gasteiger partial charge is 0.255 e. The first kappa shape index (κ1) is 15.6. The largest absolute Gasteiger partial charge is 0.390 e. The van der Waals surface area contributed by atoms with Crippen LogP contribution in [-0.2, 0) is 0 Å². The van der Waals surface area contributed by atoms with Gasteiger partial charge in [-0.3, -0.25) is 4.79 Å². The molecular weight excluding hydrogens is 276 g/mol. The van der Waals surface area contributed by atoms with E-state index in [0.717, 1.165) is 24.1 Å². The Kier molecular flexibility index (Phi) is 4.06. The number of carbonyl (C=O) groups excluding carboxylic acids is 1. The fourth-order valence-electron chi connectivity index (χ4n) is 3.90. The van der Waals surface area contributed by atoms with Gasteiger partial charge in [-0.15, -0.1) is 0 Å². The molecule has 1 N–H and O–H groups in total. The number of nitrogens with zero attached hydrogens (tertiary/aromatic N) is 2. The molecule has 4 nitrogen and oxygen atoms in total. The molecule has 1 aromatic rings. The molecule has 1 aromatic heterocycles. The molecule has 0 spiro atoms. The minimum atomic E-state index is -0.559. The lowest BCUT2D eigenvalue weighted by atomic mass is 9.87. The van der Waals surface area contributed by atoms with Gasteiger partial charge in [-0.25, -0.2) is 0 Å². The van der Waals surface area contributed by atoms with E-state index in [2.05, 4.69) is 25.3 Å². The van der Waals surface area contributed by atoms with E-state index in [-0.39, 0.29) is 5.91 Å². The van der Waals surface area contributed by atoms with Gasteiger partial charge in [0.1, 0.15) is 0 Å². The van der Waals surface area contributed by atoms with E-state index >= 15 is 0 Å². The van der Waals surface area contributed by atoms with E-state index in [1.165, 1.54) is 18.5 Å². The quantitative estimate of drug-likeness (QED) is 0.928. The highest BCUT2D eigenvalue weighted by Gasteiger charge is 2.35. The van der Waals surface area contributed by atoms with Crippen LogP contribution in [0.15, 0.2) is 6.07 Å². The first-order chi connectivity index (χ1) is 10.4. The monoisotopic (exact) mass is 304 g/mol. The number of aliphatic hydroxyl groups is 1. The normalized spacial score (nSPS) is 21.2. The second-order valence-electron chi connectivity index (χ2n) is 7.15. The van der Waals surface area contributed by atoms with Gasteiger partial charge in [0, 0.05) is 30.5 Å². The Morgan fingerprint density at radius 2 is 1.95 bits per heavy atom. The molecule has 0 aromatic carbocycles. The van der Waals surface area contributed by atoms with Crippen LogP contribution in [0.2, 0.25) is 0 Å². The summed E-state index contributed by atoms with van der Waals surface area (Å²) in [6, 6.07) is 2.65. The minimum absolute atomic E-state index is 0.138. The van der Waals surface area contributed by atoms with Crippen LogP contribution in [0.25, 0.3) is 0 Å². The van der Waals surface area contributed by atoms with Crippen LogP contribution in [0.3, 0.4) is 0 Å². The predicted octanol–water partition coefficient (Wildman–Crippen LogP) is 3.21. The van der Waals surface area contributed by atoms with E-state index in [0.29, 0.717) is 32.0 Å². The van der Waals surface area contributed by atoms with E-state index in [9.17, 15) is 9.90 Å². The van der Waals surface area contributed by atoms with Crippen LogP contribution in [0.4, 0.5) is 0 Å². The number of aryl methyl sites for hydroxylation is 1. The zero-order valence-corrected chi connectivity index (χ0v) is 14.1. The molecule has 122 valence electrons. The van der Waals surface area contributed by atoms with Crippen LogP contribution in [0.1, 0.15) is 73.2 Å². The highest BCUT2D eigenvalue weighted by molar-refractivity contribution is 5.95. The van der Waals surface area contributed by atoms with Crippen molar-refractivity contribution in [3.63, 3.8) is 0 Å². The molecule has 2 fully saturated rings. The number of rotatable bonds is 4. The number of amides is 1. The van der Waals surface area contributed by atoms with Crippen LogP contribution in [0.5, 0.6) is 0 Å². The summed E-state index contributed by atoms with van der Waals surface area (Å²) in [5, 5.41) is 10.5. The third kappa shape index (κ3) is 2.81. The van der Waals surface area contributed by atoms with Gasteiger partial charge in [0.15, 0.2) is 0 Å². The van der Waals surface area contributed by atoms with Crippen molar-refractivity contribution in [2.24, 2.45) is 0 Å². The predicted molar refractivity (Wildman–Crippen MR) is 87.2 cm³/mol. The average Bonchev–Trinajstić information content (AvgIpc) is 3.25. The van der Waals surface area contributed by atoms with Crippen molar-refractivity contribution in [2.45, 2.75) is 70.9 Å². The molecule has 2 aliphatic rings. The molecule has 3 rings (SSSR count). The molecule has 22 heavy (non-hydrogen) atoms. The molecule has 0 atom stereocenters. The number of hydrogen-bond donors (Lipinski definition) is 1. The topological polar surface area (TPSA) is 45.5 Å². The van der Waals surface area contributed by atoms with E-state index < -0.39 is 5.60 Å². The molecule has 1 saturated carbocycles. The van der Waals surface area contributed by atoms with Gasteiger partial charge in [-0.05, 0) is 52.0 Å². The lowest BCUT2D eigenvalue weighted by Crippen LogP contribution is -2.46. The molecule has 1 amide bonds. The summed E-state index contributed by atoms with van der Waals surface area (Å²) in [7, 11) is 0. The molecule has 0 unspecified atom stereocenters. The number of carbonyl (C=O) groups is 1. The lowest BCUT2D eigenvalue weighted by molar-refractivity contribution is -0.0233. The van der Waals surface area contributed by atoms with Crippen LogP contribution < -0.4 is 0 Å². The minimum Gasteiger partial charge on any atom is -0.390 e. The van der Waals surface area contributed by atoms with Crippen molar-refractivity contribution in [3.8, 4) is 0 Å². The zero-order valence-electron chi connectivity index (χ0n) is 14.1. The highest BCUT2D eigenvalue weighted by Crippen LogP contribution is 2.38. The zero-order chi connectivity index (χ0) is 15.9. The van der Waals surface area contributed by atoms with Gasteiger partial charge in [0.05, 0.1) is 11.2 Å². The van der Waals surface area contributed by atoms with Gasteiger partial charge in [0.2, 0.25) is 0 Å². The van der Waals surface area contributed by atoms with Crippen molar-refractivity contribution in [1.29, 1.82) is 0 Å². The summed E-state index contributed by atoms with van der Waals surface area (Å²) < 4.78 is 2.32. The van der Waals surface area contributed by atoms with Gasteiger partial charge >= 0.3 is 0 Å². The Balaban J connectivity index is 1.72. The van der Waals surface area contributed by atoms with E-state index in [1.807, 2.05) is 11.0 Å². The van der Waals surface area contributed by atoms with Crippen LogP contribution in [-0.4, -0.2) is 39.2 Å². The Labute approximate surface area is 133 Å². The SMILES string of the molecule is CCCC1(O)CCN(C(=O)c2cc(C)n(C3CC3)c2C)CC1. The summed E-state index contributed by atoms with van der Waals surface area (Å²) in [4.78, 5) is 14.7. The maximum Gasteiger partial charge on any atom is 0.255 e. The molecule has 1 aliphatic carbocycles. The van der Waals surface area contributed by atoms with Crippen LogP contribution in [0, 0.1) is 13.8 Å². The number of aromatic nitrogens is 1. The fourth-order valence-corrected chi connectivity index (χ4v) is 3.90. The number of hydrogen-bond acceptors (Lipinski definition) is 2. The summed E-state index contributed by atoms with van der Waals surface area (Å²) in [5.41, 5.74) is 2.60. The summed E-state index contributed by atoms with van der Waals surface area (Å²) in [6.45, 7) is 7.60. The Hall–Kier alpha value is -1.29. The highest BCUT2D eigenvalue weighted by atomic mass is 16.3. The van der Waals surface area contributed by atoms with Gasteiger partial charge in [0.25, 0.3) is 5.91 Å². The van der Waals surface area contributed by atoms with Gasteiger partial charge in [-0.1, -0.05) is 13.3 Å². The van der Waals surface area contributed by atoms with Crippen molar-refractivity contribution < 1.29 is 9.90 Å². The molecule has 4 heteroatoms. The van der Waals surface area contributed by atoms with E-state index in [1.54, 1.807) is 0 Å². The van der Waals surface area contributed by atoms with Gasteiger partial charge < -0.3 is 14.6 Å². The van der Waals surface area contributed by atoms with E-state index in [4.69, 9.17) is 0 Å². The third-order valence-electron chi connectivity index (χ3n) is 5.32. The van der Waals surface area contributed by atoms with Crippen molar-refractivity contribution in [2.75, 3.05) is 13.1 Å². The molecule has 2 heterocycles. The number of piperidine rings is 1. The van der Waals surface area contributed by atoms with Crippen molar-refractivity contribution in [1.82, 2.24) is 9.47 Å². The second kappa shape index (κ2) is 5.73. The Morgan fingerprint density at radius 1 is 1.32 bits per heavy atom. The molecular formula is C18H28N2O2. The first-order valence-electron chi connectivity index (χ1n) is 8.65. The summed E-state index contributed by atoms with van der Waals surface area (Å²) in [5.74, 6) is 0.138. The first-order valence-corrected chi connectivity index (χ1v) is 8.65. The molecule has 0 radical (unpaired) electrons.